The summed E-state index contributed by atoms with van der Waals surface area (Å²) in [7, 11) is 1.59. The fourth-order valence-electron chi connectivity index (χ4n) is 2.56. The molecule has 0 aliphatic heterocycles. The van der Waals surface area contributed by atoms with E-state index in [0.29, 0.717) is 13.2 Å². The van der Waals surface area contributed by atoms with Gasteiger partial charge in [-0.25, -0.2) is 0 Å². The summed E-state index contributed by atoms with van der Waals surface area (Å²) in [6.45, 7) is 4.84. The monoisotopic (exact) mass is 284 g/mol. The van der Waals surface area contributed by atoms with Crippen molar-refractivity contribution in [1.82, 2.24) is 10.6 Å². The lowest BCUT2D eigenvalue weighted by molar-refractivity contribution is -0.132. The van der Waals surface area contributed by atoms with E-state index in [4.69, 9.17) is 4.74 Å². The third-order valence-corrected chi connectivity index (χ3v) is 3.83. The second-order valence-electron chi connectivity index (χ2n) is 5.85. The summed E-state index contributed by atoms with van der Waals surface area (Å²) >= 11 is 0. The molecular formula is C15H28N2O3. The van der Waals surface area contributed by atoms with Crippen LogP contribution in [-0.2, 0) is 14.3 Å². The maximum Gasteiger partial charge on any atom is 0.242 e. The molecule has 2 N–H and O–H groups in total. The standard InChI is InChI=1S/C15H28N2O3/c1-11(2)13(15(19)16-9-10-20-3)17-14(18)12-7-5-4-6-8-12/h11-13H,4-10H2,1-3H3,(H,16,19)(H,17,18)/t13-/m0/s1. The molecule has 20 heavy (non-hydrogen) atoms. The second-order valence-corrected chi connectivity index (χ2v) is 5.85. The molecule has 1 saturated carbocycles. The molecule has 1 aliphatic carbocycles. The molecule has 2 amide bonds. The van der Waals surface area contributed by atoms with Crippen LogP contribution in [0.15, 0.2) is 0 Å². The SMILES string of the molecule is COCCNC(=O)[C@@H](NC(=O)C1CCCCC1)C(C)C. The van der Waals surface area contributed by atoms with Gasteiger partial charge in [0.1, 0.15) is 6.04 Å². The Morgan fingerprint density at radius 3 is 2.40 bits per heavy atom. The molecule has 0 unspecified atom stereocenters. The molecule has 5 nitrogen and oxygen atoms in total. The van der Waals surface area contributed by atoms with Crippen LogP contribution < -0.4 is 10.6 Å². The van der Waals surface area contributed by atoms with Gasteiger partial charge >= 0.3 is 0 Å². The van der Waals surface area contributed by atoms with Crippen molar-refractivity contribution >= 4 is 11.8 Å². The molecule has 116 valence electrons. The average Bonchev–Trinajstić information content (AvgIpc) is 2.45. The largest absolute Gasteiger partial charge is 0.383 e. The third-order valence-electron chi connectivity index (χ3n) is 3.83. The van der Waals surface area contributed by atoms with Crippen LogP contribution in [0.4, 0.5) is 0 Å². The van der Waals surface area contributed by atoms with E-state index >= 15 is 0 Å². The summed E-state index contributed by atoms with van der Waals surface area (Å²) in [4.78, 5) is 24.3. The van der Waals surface area contributed by atoms with Crippen LogP contribution in [-0.4, -0.2) is 38.1 Å². The number of hydrogen-bond acceptors (Lipinski definition) is 3. The van der Waals surface area contributed by atoms with Gasteiger partial charge in [-0.05, 0) is 18.8 Å². The van der Waals surface area contributed by atoms with E-state index in [-0.39, 0.29) is 23.7 Å². The van der Waals surface area contributed by atoms with Gasteiger partial charge in [-0.1, -0.05) is 33.1 Å². The first kappa shape index (κ1) is 17.0. The molecular weight excluding hydrogens is 256 g/mol. The molecule has 0 aromatic carbocycles. The fraction of sp³-hybridized carbons (Fsp3) is 0.867. The highest BCUT2D eigenvalue weighted by Crippen LogP contribution is 2.24. The van der Waals surface area contributed by atoms with Gasteiger partial charge < -0.3 is 15.4 Å². The summed E-state index contributed by atoms with van der Waals surface area (Å²) in [5.74, 6) is 0.0633. The fourth-order valence-corrected chi connectivity index (χ4v) is 2.56. The highest BCUT2D eigenvalue weighted by Gasteiger charge is 2.28. The quantitative estimate of drug-likeness (QED) is 0.696. The zero-order valence-corrected chi connectivity index (χ0v) is 12.9. The smallest absolute Gasteiger partial charge is 0.242 e. The van der Waals surface area contributed by atoms with Crippen LogP contribution in [0.5, 0.6) is 0 Å². The van der Waals surface area contributed by atoms with Gasteiger partial charge in [0.25, 0.3) is 0 Å². The lowest BCUT2D eigenvalue weighted by atomic mass is 9.88. The van der Waals surface area contributed by atoms with E-state index in [9.17, 15) is 9.59 Å². The molecule has 0 heterocycles. The normalized spacial score (nSPS) is 17.8. The predicted molar refractivity (Wildman–Crippen MR) is 78.2 cm³/mol. The molecule has 1 fully saturated rings. The zero-order valence-electron chi connectivity index (χ0n) is 12.9. The number of methoxy groups -OCH3 is 1. The van der Waals surface area contributed by atoms with Gasteiger partial charge in [-0.3, -0.25) is 9.59 Å². The highest BCUT2D eigenvalue weighted by molar-refractivity contribution is 5.88. The Morgan fingerprint density at radius 2 is 1.85 bits per heavy atom. The van der Waals surface area contributed by atoms with E-state index < -0.39 is 6.04 Å². The van der Waals surface area contributed by atoms with Crippen LogP contribution in [0.3, 0.4) is 0 Å². The van der Waals surface area contributed by atoms with Crippen molar-refractivity contribution in [1.29, 1.82) is 0 Å². The molecule has 0 radical (unpaired) electrons. The zero-order chi connectivity index (χ0) is 15.0. The van der Waals surface area contributed by atoms with Crippen molar-refractivity contribution < 1.29 is 14.3 Å². The van der Waals surface area contributed by atoms with E-state index in [2.05, 4.69) is 10.6 Å². The molecule has 0 spiro atoms. The molecule has 1 rings (SSSR count). The van der Waals surface area contributed by atoms with Gasteiger partial charge in [0.2, 0.25) is 11.8 Å². The van der Waals surface area contributed by atoms with Gasteiger partial charge in [0, 0.05) is 19.6 Å². The number of amides is 2. The minimum Gasteiger partial charge on any atom is -0.383 e. The number of hydrogen-bond donors (Lipinski definition) is 2. The van der Waals surface area contributed by atoms with Gasteiger partial charge in [0.05, 0.1) is 6.61 Å². The first-order chi connectivity index (χ1) is 9.56. The van der Waals surface area contributed by atoms with Gasteiger partial charge in [-0.2, -0.15) is 0 Å². The van der Waals surface area contributed by atoms with Crippen molar-refractivity contribution in [3.8, 4) is 0 Å². The van der Waals surface area contributed by atoms with Crippen LogP contribution in [0.1, 0.15) is 46.0 Å². The topological polar surface area (TPSA) is 67.4 Å². The van der Waals surface area contributed by atoms with Gasteiger partial charge in [-0.15, -0.1) is 0 Å². The third kappa shape index (κ3) is 5.49. The van der Waals surface area contributed by atoms with Crippen molar-refractivity contribution in [3.05, 3.63) is 0 Å². The van der Waals surface area contributed by atoms with Crippen LogP contribution in [0, 0.1) is 11.8 Å². The van der Waals surface area contributed by atoms with Crippen LogP contribution in [0.2, 0.25) is 0 Å². The summed E-state index contributed by atoms with van der Waals surface area (Å²) in [5, 5.41) is 5.72. The number of carbonyl (C=O) groups is 2. The Hall–Kier alpha value is -1.10. The Balaban J connectivity index is 2.48. The van der Waals surface area contributed by atoms with E-state index in [1.54, 1.807) is 7.11 Å². The first-order valence-corrected chi connectivity index (χ1v) is 7.63. The first-order valence-electron chi connectivity index (χ1n) is 7.63. The minimum atomic E-state index is -0.457. The second kappa shape index (κ2) is 8.95. The summed E-state index contributed by atoms with van der Waals surface area (Å²) < 4.78 is 4.91. The molecule has 5 heteroatoms. The molecule has 0 aromatic heterocycles. The van der Waals surface area contributed by atoms with Crippen molar-refractivity contribution in [2.75, 3.05) is 20.3 Å². The highest BCUT2D eigenvalue weighted by atomic mass is 16.5. The van der Waals surface area contributed by atoms with Crippen molar-refractivity contribution in [3.63, 3.8) is 0 Å². The van der Waals surface area contributed by atoms with E-state index in [1.807, 2.05) is 13.8 Å². The lowest BCUT2D eigenvalue weighted by Crippen LogP contribution is -2.51. The Morgan fingerprint density at radius 1 is 1.20 bits per heavy atom. The van der Waals surface area contributed by atoms with E-state index in [1.165, 1.54) is 6.42 Å². The molecule has 1 aliphatic rings. The summed E-state index contributed by atoms with van der Waals surface area (Å²) in [6, 6.07) is -0.457. The minimum absolute atomic E-state index is 0.0327. The van der Waals surface area contributed by atoms with Crippen molar-refractivity contribution in [2.45, 2.75) is 52.0 Å². The van der Waals surface area contributed by atoms with Gasteiger partial charge in [0.15, 0.2) is 0 Å². The number of ether oxygens (including phenoxy) is 1. The Bertz CT molecular complexity index is 312. The number of rotatable bonds is 7. The molecule has 0 aromatic rings. The average molecular weight is 284 g/mol. The molecule has 1 atom stereocenters. The molecule has 0 bridgehead atoms. The maximum atomic E-state index is 12.2. The number of nitrogens with one attached hydrogen (secondary N) is 2. The Kier molecular flexibility index (Phi) is 7.59. The maximum absolute atomic E-state index is 12.2. The molecule has 0 saturated heterocycles. The van der Waals surface area contributed by atoms with Crippen molar-refractivity contribution in [2.24, 2.45) is 11.8 Å². The lowest BCUT2D eigenvalue weighted by Gasteiger charge is -2.26. The van der Waals surface area contributed by atoms with Crippen LogP contribution in [0.25, 0.3) is 0 Å². The Labute approximate surface area is 121 Å². The van der Waals surface area contributed by atoms with E-state index in [0.717, 1.165) is 25.7 Å². The summed E-state index contributed by atoms with van der Waals surface area (Å²) in [5.41, 5.74) is 0. The predicted octanol–water partition coefficient (Wildman–Crippen LogP) is 1.47. The number of carbonyl (C=O) groups excluding carboxylic acids is 2. The summed E-state index contributed by atoms with van der Waals surface area (Å²) in [6.07, 6.45) is 5.34. The van der Waals surface area contributed by atoms with Crippen LogP contribution >= 0.6 is 0 Å².